The number of rotatable bonds is 6. The van der Waals surface area contributed by atoms with E-state index < -0.39 is 59.9 Å². The number of ether oxygens (including phenoxy) is 1. The molecule has 0 saturated heterocycles. The molecule has 1 aromatic heterocycles. The molecule has 1 N–H and O–H groups in total. The molecule has 1 atom stereocenters. The van der Waals surface area contributed by atoms with Crippen molar-refractivity contribution in [1.29, 1.82) is 0 Å². The van der Waals surface area contributed by atoms with E-state index in [9.17, 15) is 41.6 Å². The first-order valence-corrected chi connectivity index (χ1v) is 8.85. The monoisotopic (exact) mass is 420 g/mol. The average molecular weight is 420 g/mol. The summed E-state index contributed by atoms with van der Waals surface area (Å²) in [5, 5.41) is 17.4. The molecule has 0 saturated carbocycles. The molecule has 0 bridgehead atoms. The van der Waals surface area contributed by atoms with E-state index in [-0.39, 0.29) is 0 Å². The number of carboxylic acid groups (broad SMARTS) is 1. The highest BCUT2D eigenvalue weighted by Crippen LogP contribution is 2.38. The summed E-state index contributed by atoms with van der Waals surface area (Å²) in [7, 11) is -4.51. The molecule has 0 spiro atoms. The molecule has 1 aromatic carbocycles. The van der Waals surface area contributed by atoms with Crippen molar-refractivity contribution in [2.24, 2.45) is 0 Å². The van der Waals surface area contributed by atoms with E-state index in [1.807, 2.05) is 0 Å². The number of sulfone groups is 1. The van der Waals surface area contributed by atoms with E-state index in [1.165, 1.54) is 0 Å². The average Bonchev–Trinajstić information content (AvgIpc) is 2.59. The van der Waals surface area contributed by atoms with Crippen LogP contribution in [0.25, 0.3) is 0 Å². The smallest absolute Gasteiger partial charge is 0.478 e. The third kappa shape index (κ3) is 4.36. The largest absolute Gasteiger partial charge is 0.573 e. The lowest BCUT2D eigenvalue weighted by Gasteiger charge is -2.20. The summed E-state index contributed by atoms with van der Waals surface area (Å²) in [6.45, 7) is 0.962. The van der Waals surface area contributed by atoms with Crippen LogP contribution in [0.15, 0.2) is 41.6 Å². The molecule has 28 heavy (non-hydrogen) atoms. The molecule has 0 aliphatic heterocycles. The molecule has 13 heteroatoms. The lowest BCUT2D eigenvalue weighted by molar-refractivity contribution is -0.385. The number of hydrogen-bond acceptors (Lipinski definition) is 7. The van der Waals surface area contributed by atoms with Crippen LogP contribution in [-0.4, -0.2) is 35.8 Å². The second-order valence-electron chi connectivity index (χ2n) is 5.37. The zero-order valence-electron chi connectivity index (χ0n) is 13.9. The van der Waals surface area contributed by atoms with Gasteiger partial charge in [0.1, 0.15) is 11.9 Å². The van der Waals surface area contributed by atoms with Gasteiger partial charge in [-0.1, -0.05) is 6.07 Å². The van der Waals surface area contributed by atoms with Crippen molar-refractivity contribution in [1.82, 2.24) is 4.98 Å². The van der Waals surface area contributed by atoms with Crippen LogP contribution in [0.3, 0.4) is 0 Å². The fourth-order valence-electron chi connectivity index (χ4n) is 2.35. The first kappa shape index (κ1) is 21.1. The van der Waals surface area contributed by atoms with Gasteiger partial charge in [-0.3, -0.25) is 10.1 Å². The van der Waals surface area contributed by atoms with Crippen LogP contribution in [-0.2, 0) is 9.84 Å². The Labute approximate surface area is 155 Å². The number of aromatic carboxylic acids is 1. The second-order valence-corrected chi connectivity index (χ2v) is 7.58. The van der Waals surface area contributed by atoms with Gasteiger partial charge in [0.25, 0.3) is 5.69 Å². The summed E-state index contributed by atoms with van der Waals surface area (Å²) in [5.74, 6) is -2.66. The predicted molar refractivity (Wildman–Crippen MR) is 86.6 cm³/mol. The van der Waals surface area contributed by atoms with Gasteiger partial charge >= 0.3 is 12.3 Å². The van der Waals surface area contributed by atoms with Gasteiger partial charge in [0.2, 0.25) is 9.84 Å². The zero-order chi connectivity index (χ0) is 21.3. The third-order valence-electron chi connectivity index (χ3n) is 3.62. The zero-order valence-corrected chi connectivity index (χ0v) is 14.7. The molecule has 9 nitrogen and oxygen atoms in total. The molecule has 0 amide bonds. The molecular formula is C15H11F3N2O7S. The van der Waals surface area contributed by atoms with Crippen molar-refractivity contribution in [2.45, 2.75) is 23.6 Å². The SMILES string of the molecule is CC(c1c(OC(F)(F)F)cccc1C(=O)O)S(=O)(=O)c1ccc([N+](=O)[O-])cn1. The maximum Gasteiger partial charge on any atom is 0.573 e. The van der Waals surface area contributed by atoms with Crippen LogP contribution in [0, 0.1) is 10.1 Å². The van der Waals surface area contributed by atoms with E-state index >= 15 is 0 Å². The number of benzene rings is 1. The van der Waals surface area contributed by atoms with Crippen molar-refractivity contribution in [3.63, 3.8) is 0 Å². The fraction of sp³-hybridized carbons (Fsp3) is 0.200. The Kier molecular flexibility index (Phi) is 5.59. The Morgan fingerprint density at radius 2 is 1.93 bits per heavy atom. The van der Waals surface area contributed by atoms with E-state index in [0.717, 1.165) is 37.3 Å². The van der Waals surface area contributed by atoms with Crippen LogP contribution in [0.2, 0.25) is 0 Å². The normalized spacial score (nSPS) is 13.0. The number of carbonyl (C=O) groups is 1. The van der Waals surface area contributed by atoms with Gasteiger partial charge in [0, 0.05) is 11.6 Å². The predicted octanol–water partition coefficient (Wildman–Crippen LogP) is 3.12. The van der Waals surface area contributed by atoms with Crippen molar-refractivity contribution in [2.75, 3.05) is 0 Å². The number of nitro groups is 1. The van der Waals surface area contributed by atoms with E-state index in [2.05, 4.69) is 9.72 Å². The van der Waals surface area contributed by atoms with Gasteiger partial charge in [0.15, 0.2) is 5.03 Å². The highest BCUT2D eigenvalue weighted by Gasteiger charge is 2.37. The van der Waals surface area contributed by atoms with Gasteiger partial charge in [-0.05, 0) is 25.1 Å². The number of aromatic nitrogens is 1. The topological polar surface area (TPSA) is 137 Å². The number of hydrogen-bond donors (Lipinski definition) is 1. The molecule has 2 aromatic rings. The summed E-state index contributed by atoms with van der Waals surface area (Å²) < 4.78 is 67.3. The highest BCUT2D eigenvalue weighted by atomic mass is 32.2. The van der Waals surface area contributed by atoms with Crippen molar-refractivity contribution in [3.05, 3.63) is 57.8 Å². The maximum absolute atomic E-state index is 12.7. The first-order valence-electron chi connectivity index (χ1n) is 7.31. The minimum absolute atomic E-state index is 0.501. The lowest BCUT2D eigenvalue weighted by Crippen LogP contribution is -2.22. The van der Waals surface area contributed by atoms with Gasteiger partial charge in [0.05, 0.1) is 15.7 Å². The Balaban J connectivity index is 2.61. The molecule has 1 unspecified atom stereocenters. The Morgan fingerprint density at radius 3 is 2.39 bits per heavy atom. The van der Waals surface area contributed by atoms with Crippen molar-refractivity contribution < 1.29 is 41.2 Å². The van der Waals surface area contributed by atoms with Gasteiger partial charge < -0.3 is 9.84 Å². The van der Waals surface area contributed by atoms with Gasteiger partial charge in [-0.25, -0.2) is 18.2 Å². The summed E-state index contributed by atoms with van der Waals surface area (Å²) >= 11 is 0. The van der Waals surface area contributed by atoms with Crippen LogP contribution < -0.4 is 4.74 Å². The molecule has 0 radical (unpaired) electrons. The summed E-state index contributed by atoms with van der Waals surface area (Å²) in [5.41, 5.74) is -1.94. The maximum atomic E-state index is 12.7. The third-order valence-corrected chi connectivity index (χ3v) is 5.61. The minimum atomic E-state index is -5.19. The number of halogens is 3. The molecule has 0 fully saturated rings. The summed E-state index contributed by atoms with van der Waals surface area (Å²) in [4.78, 5) is 24.7. The molecule has 150 valence electrons. The Hall–Kier alpha value is -3.22. The van der Waals surface area contributed by atoms with Gasteiger partial charge in [-0.2, -0.15) is 0 Å². The number of alkyl halides is 3. The number of carboxylic acids is 1. The number of pyridine rings is 1. The van der Waals surface area contributed by atoms with Crippen LogP contribution in [0.1, 0.15) is 28.1 Å². The Bertz CT molecular complexity index is 1020. The fourth-order valence-corrected chi connectivity index (χ4v) is 3.72. The standard InChI is InChI=1S/C15H11F3N2O7S/c1-8(28(25,26)12-6-5-9(7-19-12)20(23)24)13-10(14(21)22)3-2-4-11(13)27-15(16,17)18/h2-8H,1H3,(H,21,22). The first-order chi connectivity index (χ1) is 12.8. The minimum Gasteiger partial charge on any atom is -0.478 e. The van der Waals surface area contributed by atoms with E-state index in [0.29, 0.717) is 6.20 Å². The van der Waals surface area contributed by atoms with Crippen molar-refractivity contribution in [3.8, 4) is 5.75 Å². The van der Waals surface area contributed by atoms with E-state index in [4.69, 9.17) is 0 Å². The van der Waals surface area contributed by atoms with Crippen molar-refractivity contribution >= 4 is 21.5 Å². The van der Waals surface area contributed by atoms with Crippen LogP contribution in [0.4, 0.5) is 18.9 Å². The summed E-state index contributed by atoms with van der Waals surface area (Å²) in [6, 6.07) is 4.33. The second kappa shape index (κ2) is 7.42. The van der Waals surface area contributed by atoms with Gasteiger partial charge in [-0.15, -0.1) is 13.2 Å². The quantitative estimate of drug-likeness (QED) is 0.556. The lowest BCUT2D eigenvalue weighted by atomic mass is 10.0. The number of nitrogens with zero attached hydrogens (tertiary/aromatic N) is 2. The van der Waals surface area contributed by atoms with E-state index in [1.54, 1.807) is 0 Å². The summed E-state index contributed by atoms with van der Waals surface area (Å²) in [6.07, 6.45) is -4.53. The highest BCUT2D eigenvalue weighted by molar-refractivity contribution is 7.91. The molecule has 0 aliphatic carbocycles. The molecule has 2 rings (SSSR count). The van der Waals surface area contributed by atoms with Crippen LogP contribution >= 0.6 is 0 Å². The Morgan fingerprint density at radius 1 is 1.29 bits per heavy atom. The van der Waals surface area contributed by atoms with Crippen LogP contribution in [0.5, 0.6) is 5.75 Å². The molecule has 0 aliphatic rings. The molecular weight excluding hydrogens is 409 g/mol. The molecule has 1 heterocycles.